The van der Waals surface area contributed by atoms with E-state index in [9.17, 15) is 10.1 Å². The molecule has 0 aliphatic carbocycles. The van der Waals surface area contributed by atoms with Crippen LogP contribution in [0.1, 0.15) is 5.56 Å². The van der Waals surface area contributed by atoms with Crippen LogP contribution in [-0.4, -0.2) is 22.0 Å². The number of hydrogen-bond donors (Lipinski definition) is 3. The van der Waals surface area contributed by atoms with Crippen molar-refractivity contribution in [3.63, 3.8) is 0 Å². The van der Waals surface area contributed by atoms with E-state index in [4.69, 9.17) is 10.5 Å². The minimum absolute atomic E-state index is 0.0208. The van der Waals surface area contributed by atoms with Crippen LogP contribution in [0.4, 0.5) is 29.0 Å². The molecular weight excluding hydrogens is 348 g/mol. The molecule has 4 N–H and O–H groups in total. The molecule has 1 heterocycles. The fraction of sp³-hybridized carbons (Fsp3) is 0.111. The number of nitrogens with two attached hydrogens (primary N) is 1. The van der Waals surface area contributed by atoms with Crippen molar-refractivity contribution >= 4 is 29.0 Å². The molecule has 3 rings (SSSR count). The van der Waals surface area contributed by atoms with Crippen LogP contribution >= 0.6 is 0 Å². The Labute approximate surface area is 155 Å². The first-order valence-electron chi connectivity index (χ1n) is 8.08. The van der Waals surface area contributed by atoms with Gasteiger partial charge in [-0.15, -0.1) is 0 Å². The number of nitrogens with one attached hydrogen (secondary N) is 2. The molecule has 0 aliphatic heterocycles. The van der Waals surface area contributed by atoms with Crippen LogP contribution in [0.15, 0.2) is 54.6 Å². The molecular formula is C18H18N6O3. The third-order valence-electron chi connectivity index (χ3n) is 3.75. The van der Waals surface area contributed by atoms with E-state index in [-0.39, 0.29) is 17.6 Å². The topological polar surface area (TPSA) is 128 Å². The number of hydrogen-bond acceptors (Lipinski definition) is 8. The molecule has 0 spiro atoms. The van der Waals surface area contributed by atoms with Crippen molar-refractivity contribution in [1.29, 1.82) is 0 Å². The number of nitro groups is 1. The lowest BCUT2D eigenvalue weighted by molar-refractivity contribution is -0.383. The lowest BCUT2D eigenvalue weighted by Gasteiger charge is -2.12. The molecule has 0 saturated carbocycles. The van der Waals surface area contributed by atoms with E-state index in [0.29, 0.717) is 18.0 Å². The number of aromatic nitrogens is 2. The van der Waals surface area contributed by atoms with Gasteiger partial charge in [-0.2, -0.15) is 9.97 Å². The van der Waals surface area contributed by atoms with Crippen molar-refractivity contribution in [1.82, 2.24) is 9.97 Å². The third kappa shape index (κ3) is 4.21. The van der Waals surface area contributed by atoms with Gasteiger partial charge in [-0.3, -0.25) is 10.1 Å². The third-order valence-corrected chi connectivity index (χ3v) is 3.75. The molecule has 1 aromatic heterocycles. The number of rotatable bonds is 7. The zero-order valence-corrected chi connectivity index (χ0v) is 14.5. The summed E-state index contributed by atoms with van der Waals surface area (Å²) in [7, 11) is 1.51. The molecule has 0 amide bonds. The first-order valence-corrected chi connectivity index (χ1v) is 8.08. The Hall–Kier alpha value is -3.88. The fourth-order valence-corrected chi connectivity index (χ4v) is 2.47. The summed E-state index contributed by atoms with van der Waals surface area (Å²) in [5, 5.41) is 17.4. The van der Waals surface area contributed by atoms with E-state index >= 15 is 0 Å². The summed E-state index contributed by atoms with van der Waals surface area (Å²) in [6.45, 7) is 0.451. The predicted octanol–water partition coefficient (Wildman–Crippen LogP) is 3.33. The van der Waals surface area contributed by atoms with Gasteiger partial charge in [0.25, 0.3) is 0 Å². The number of nitrogens with zero attached hydrogens (tertiary/aromatic N) is 3. The summed E-state index contributed by atoms with van der Waals surface area (Å²) in [5.74, 6) is 0.442. The van der Waals surface area contributed by atoms with Gasteiger partial charge in [0.15, 0.2) is 0 Å². The average molecular weight is 366 g/mol. The van der Waals surface area contributed by atoms with Gasteiger partial charge in [0.2, 0.25) is 17.6 Å². The molecule has 0 radical (unpaired) electrons. The lowest BCUT2D eigenvalue weighted by Crippen LogP contribution is -2.10. The van der Waals surface area contributed by atoms with E-state index in [0.717, 1.165) is 5.56 Å². The summed E-state index contributed by atoms with van der Waals surface area (Å²) in [6.07, 6.45) is 0. The molecule has 9 heteroatoms. The van der Waals surface area contributed by atoms with Crippen molar-refractivity contribution in [3.8, 4) is 5.75 Å². The molecule has 0 saturated heterocycles. The maximum Gasteiger partial charge on any atom is 0.353 e. The Morgan fingerprint density at radius 2 is 1.81 bits per heavy atom. The van der Waals surface area contributed by atoms with E-state index < -0.39 is 10.6 Å². The minimum atomic E-state index is -0.617. The van der Waals surface area contributed by atoms with Crippen molar-refractivity contribution in [3.05, 3.63) is 70.3 Å². The summed E-state index contributed by atoms with van der Waals surface area (Å²) in [4.78, 5) is 19.0. The first kappa shape index (κ1) is 17.9. The second-order valence-electron chi connectivity index (χ2n) is 5.55. The van der Waals surface area contributed by atoms with E-state index in [2.05, 4.69) is 20.6 Å². The molecule has 0 bridgehead atoms. The Bertz CT molecular complexity index is 949. The highest BCUT2D eigenvalue weighted by atomic mass is 16.6. The largest absolute Gasteiger partial charge is 0.495 e. The normalized spacial score (nSPS) is 10.3. The van der Waals surface area contributed by atoms with Crippen molar-refractivity contribution in [2.24, 2.45) is 0 Å². The standard InChI is InChI=1S/C18H18N6O3/c1-27-14-10-6-5-9-13(14)21-17-15(24(25)26)16(19)22-18(23-17)20-11-12-7-3-2-4-8-12/h2-10H,11H2,1H3,(H4,19,20,21,22,23). The summed E-state index contributed by atoms with van der Waals surface area (Å²) >= 11 is 0. The summed E-state index contributed by atoms with van der Waals surface area (Å²) < 4.78 is 5.26. The Kier molecular flexibility index (Phi) is 5.31. The molecule has 0 unspecified atom stereocenters. The summed E-state index contributed by atoms with van der Waals surface area (Å²) in [6, 6.07) is 16.6. The van der Waals surface area contributed by atoms with Gasteiger partial charge in [0.05, 0.1) is 17.7 Å². The zero-order valence-electron chi connectivity index (χ0n) is 14.5. The van der Waals surface area contributed by atoms with Crippen LogP contribution in [0.5, 0.6) is 5.75 Å². The molecule has 0 fully saturated rings. The Morgan fingerprint density at radius 3 is 2.52 bits per heavy atom. The van der Waals surface area contributed by atoms with Crippen LogP contribution in [0.3, 0.4) is 0 Å². The monoisotopic (exact) mass is 366 g/mol. The first-order chi connectivity index (χ1) is 13.1. The fourth-order valence-electron chi connectivity index (χ4n) is 2.47. The van der Waals surface area contributed by atoms with Crippen LogP contribution in [-0.2, 0) is 6.54 Å². The van der Waals surface area contributed by atoms with Crippen molar-refractivity contribution in [2.45, 2.75) is 6.54 Å². The number of anilines is 4. The van der Waals surface area contributed by atoms with Gasteiger partial charge in [0, 0.05) is 6.54 Å². The smallest absolute Gasteiger partial charge is 0.353 e. The quantitative estimate of drug-likeness (QED) is 0.429. The lowest BCUT2D eigenvalue weighted by atomic mass is 10.2. The number of nitrogen functional groups attached to an aromatic ring is 1. The zero-order chi connectivity index (χ0) is 19.2. The van der Waals surface area contributed by atoms with Crippen molar-refractivity contribution in [2.75, 3.05) is 23.5 Å². The van der Waals surface area contributed by atoms with Gasteiger partial charge < -0.3 is 21.1 Å². The maximum atomic E-state index is 11.4. The van der Waals surface area contributed by atoms with Crippen LogP contribution in [0, 0.1) is 10.1 Å². The van der Waals surface area contributed by atoms with Gasteiger partial charge in [-0.05, 0) is 17.7 Å². The van der Waals surface area contributed by atoms with Gasteiger partial charge in [0.1, 0.15) is 5.75 Å². The SMILES string of the molecule is COc1ccccc1Nc1nc(NCc2ccccc2)nc(N)c1[N+](=O)[O-]. The molecule has 27 heavy (non-hydrogen) atoms. The molecule has 3 aromatic rings. The molecule has 0 aliphatic rings. The van der Waals surface area contributed by atoms with Crippen molar-refractivity contribution < 1.29 is 9.66 Å². The average Bonchev–Trinajstić information content (AvgIpc) is 2.67. The minimum Gasteiger partial charge on any atom is -0.495 e. The molecule has 138 valence electrons. The summed E-state index contributed by atoms with van der Waals surface area (Å²) in [5.41, 5.74) is 6.95. The highest BCUT2D eigenvalue weighted by Gasteiger charge is 2.24. The second-order valence-corrected chi connectivity index (χ2v) is 5.55. The number of benzene rings is 2. The molecule has 2 aromatic carbocycles. The highest BCUT2D eigenvalue weighted by molar-refractivity contribution is 5.76. The van der Waals surface area contributed by atoms with Gasteiger partial charge in [-0.25, -0.2) is 0 Å². The molecule has 0 atom stereocenters. The Morgan fingerprint density at radius 1 is 1.11 bits per heavy atom. The second kappa shape index (κ2) is 8.00. The maximum absolute atomic E-state index is 11.4. The number of methoxy groups -OCH3 is 1. The number of ether oxygens (including phenoxy) is 1. The van der Waals surface area contributed by atoms with Crippen LogP contribution in [0.2, 0.25) is 0 Å². The van der Waals surface area contributed by atoms with E-state index in [1.165, 1.54) is 7.11 Å². The van der Waals surface area contributed by atoms with Gasteiger partial charge >= 0.3 is 5.69 Å². The van der Waals surface area contributed by atoms with Crippen LogP contribution < -0.4 is 21.1 Å². The van der Waals surface area contributed by atoms with Crippen LogP contribution in [0.25, 0.3) is 0 Å². The molecule has 9 nitrogen and oxygen atoms in total. The van der Waals surface area contributed by atoms with Gasteiger partial charge in [-0.1, -0.05) is 42.5 Å². The van der Waals surface area contributed by atoms with E-state index in [1.807, 2.05) is 30.3 Å². The predicted molar refractivity (Wildman–Crippen MR) is 103 cm³/mol. The Balaban J connectivity index is 1.92. The van der Waals surface area contributed by atoms with E-state index in [1.54, 1.807) is 24.3 Å². The number of para-hydroxylation sites is 2. The highest BCUT2D eigenvalue weighted by Crippen LogP contribution is 2.34.